The Morgan fingerprint density at radius 3 is 2.82 bits per heavy atom. The number of aliphatic hydroxyl groups is 2. The number of aliphatic hydroxyl groups excluding tert-OH is 2. The van der Waals surface area contributed by atoms with Crippen LogP contribution in [0.15, 0.2) is 12.2 Å². The first-order valence-corrected chi connectivity index (χ1v) is 6.28. The maximum Gasteiger partial charge on any atom is 0.154 e. The highest BCUT2D eigenvalue weighted by atomic mass is 16.6. The smallest absolute Gasteiger partial charge is 0.154 e. The molecule has 1 aliphatic rings. The maximum absolute atomic E-state index is 9.58. The summed E-state index contributed by atoms with van der Waals surface area (Å²) < 4.78 is 5.20. The van der Waals surface area contributed by atoms with E-state index in [1.54, 1.807) is 6.08 Å². The third-order valence-corrected chi connectivity index (χ3v) is 2.87. The van der Waals surface area contributed by atoms with Crippen LogP contribution in [0.5, 0.6) is 0 Å². The molecule has 0 spiro atoms. The summed E-state index contributed by atoms with van der Waals surface area (Å²) >= 11 is 0. The maximum atomic E-state index is 9.58. The van der Waals surface area contributed by atoms with Gasteiger partial charge in [-0.2, -0.15) is 0 Å². The van der Waals surface area contributed by atoms with Gasteiger partial charge in [0.1, 0.15) is 12.2 Å². The molecule has 17 heavy (non-hydrogen) atoms. The van der Waals surface area contributed by atoms with Crippen LogP contribution in [0.4, 0.5) is 0 Å². The van der Waals surface area contributed by atoms with E-state index in [2.05, 4.69) is 18.8 Å². The van der Waals surface area contributed by atoms with Crippen LogP contribution in [-0.4, -0.2) is 34.6 Å². The van der Waals surface area contributed by atoms with E-state index in [-0.39, 0.29) is 12.7 Å². The average Bonchev–Trinajstić information content (AvgIpc) is 2.98. The Balaban J connectivity index is 2.25. The van der Waals surface area contributed by atoms with Crippen molar-refractivity contribution in [3.8, 4) is 11.8 Å². The molecule has 1 unspecified atom stereocenters. The molecule has 96 valence electrons. The van der Waals surface area contributed by atoms with Crippen LogP contribution in [0.2, 0.25) is 0 Å². The first kappa shape index (κ1) is 14.2. The van der Waals surface area contributed by atoms with Crippen LogP contribution in [0.3, 0.4) is 0 Å². The van der Waals surface area contributed by atoms with Crippen LogP contribution in [0, 0.1) is 11.8 Å². The average molecular weight is 238 g/mol. The number of rotatable bonds is 6. The van der Waals surface area contributed by atoms with Gasteiger partial charge in [0.25, 0.3) is 0 Å². The van der Waals surface area contributed by atoms with Crippen molar-refractivity contribution >= 4 is 0 Å². The molecular formula is C14H22O3. The van der Waals surface area contributed by atoms with Gasteiger partial charge in [0.2, 0.25) is 0 Å². The molecule has 0 aromatic rings. The second-order valence-electron chi connectivity index (χ2n) is 4.53. The van der Waals surface area contributed by atoms with E-state index in [9.17, 15) is 5.11 Å². The lowest BCUT2D eigenvalue weighted by Gasteiger charge is -1.96. The Labute approximate surface area is 103 Å². The second-order valence-corrected chi connectivity index (χ2v) is 4.53. The predicted molar refractivity (Wildman–Crippen MR) is 67.4 cm³/mol. The second kappa shape index (κ2) is 6.80. The molecule has 3 nitrogen and oxygen atoms in total. The van der Waals surface area contributed by atoms with Crippen molar-refractivity contribution in [1.82, 2.24) is 0 Å². The molecule has 1 heterocycles. The molecular weight excluding hydrogens is 216 g/mol. The fraction of sp³-hybridized carbons (Fsp3) is 0.714. The number of epoxide rings is 1. The Morgan fingerprint density at radius 1 is 1.47 bits per heavy atom. The minimum absolute atomic E-state index is 0.0197. The fourth-order valence-corrected chi connectivity index (χ4v) is 1.59. The molecule has 0 amide bonds. The quantitative estimate of drug-likeness (QED) is 0.320. The summed E-state index contributed by atoms with van der Waals surface area (Å²) in [7, 11) is 0. The summed E-state index contributed by atoms with van der Waals surface area (Å²) in [4.78, 5) is 0. The van der Waals surface area contributed by atoms with Crippen molar-refractivity contribution in [3.63, 3.8) is 0 Å². The number of hydrogen-bond acceptors (Lipinski definition) is 3. The highest BCUT2D eigenvalue weighted by molar-refractivity contribution is 5.26. The van der Waals surface area contributed by atoms with E-state index in [0.717, 1.165) is 12.8 Å². The monoisotopic (exact) mass is 238 g/mol. The molecule has 0 aromatic heterocycles. The molecule has 2 N–H and O–H groups in total. The van der Waals surface area contributed by atoms with E-state index >= 15 is 0 Å². The highest BCUT2D eigenvalue weighted by Crippen LogP contribution is 2.34. The molecule has 0 aromatic carbocycles. The van der Waals surface area contributed by atoms with E-state index < -0.39 is 11.7 Å². The molecule has 0 bridgehead atoms. The van der Waals surface area contributed by atoms with Crippen molar-refractivity contribution < 1.29 is 14.9 Å². The van der Waals surface area contributed by atoms with Gasteiger partial charge in [0.05, 0.1) is 6.61 Å². The zero-order valence-corrected chi connectivity index (χ0v) is 10.6. The van der Waals surface area contributed by atoms with Crippen molar-refractivity contribution in [1.29, 1.82) is 0 Å². The fourth-order valence-electron chi connectivity index (χ4n) is 1.59. The lowest BCUT2D eigenvalue weighted by molar-refractivity contribution is 0.240. The molecule has 1 rings (SSSR count). The molecule has 0 saturated carbocycles. The molecule has 1 fully saturated rings. The normalized spacial score (nSPS) is 28.8. The standard InChI is InChI=1S/C14H22O3/c1-3-4-5-6-7-8-12(16)9-10-14(2)13(11-15)17-14/h7-8,12-13,15-16H,3-6,11H2,1-2H3/b8-7+/t12?,13-,14+/m1/s1. The highest BCUT2D eigenvalue weighted by Gasteiger charge is 2.50. The zero-order valence-electron chi connectivity index (χ0n) is 10.6. The Kier molecular flexibility index (Phi) is 5.70. The molecule has 3 heteroatoms. The third-order valence-electron chi connectivity index (χ3n) is 2.87. The summed E-state index contributed by atoms with van der Waals surface area (Å²) in [6.45, 7) is 3.96. The van der Waals surface area contributed by atoms with Gasteiger partial charge in [-0.3, -0.25) is 0 Å². The third kappa shape index (κ3) is 4.91. The summed E-state index contributed by atoms with van der Waals surface area (Å²) in [5.74, 6) is 5.58. The topological polar surface area (TPSA) is 53.0 Å². The van der Waals surface area contributed by atoms with Gasteiger partial charge in [-0.1, -0.05) is 37.7 Å². The van der Waals surface area contributed by atoms with E-state index in [0.29, 0.717) is 0 Å². The van der Waals surface area contributed by atoms with E-state index in [4.69, 9.17) is 9.84 Å². The summed E-state index contributed by atoms with van der Waals surface area (Å²) in [6, 6.07) is 0. The van der Waals surface area contributed by atoms with Gasteiger partial charge >= 0.3 is 0 Å². The number of unbranched alkanes of at least 4 members (excludes halogenated alkanes) is 3. The van der Waals surface area contributed by atoms with Crippen molar-refractivity contribution in [2.45, 2.75) is 57.3 Å². The summed E-state index contributed by atoms with van der Waals surface area (Å²) in [5.41, 5.74) is -0.564. The Hall–Kier alpha value is -0.820. The molecule has 1 aliphatic heterocycles. The van der Waals surface area contributed by atoms with Crippen LogP contribution in [0.25, 0.3) is 0 Å². The first-order valence-electron chi connectivity index (χ1n) is 6.28. The molecule has 0 radical (unpaired) electrons. The predicted octanol–water partition coefficient (Wildman–Crippen LogP) is 1.64. The van der Waals surface area contributed by atoms with Gasteiger partial charge in [-0.25, -0.2) is 0 Å². The van der Waals surface area contributed by atoms with Crippen molar-refractivity contribution in [2.24, 2.45) is 0 Å². The molecule has 1 saturated heterocycles. The lowest BCUT2D eigenvalue weighted by Crippen LogP contribution is -2.10. The van der Waals surface area contributed by atoms with Gasteiger partial charge in [0, 0.05) is 0 Å². The van der Waals surface area contributed by atoms with Gasteiger partial charge in [-0.15, -0.1) is 0 Å². The zero-order chi connectivity index (χ0) is 12.7. The summed E-state index contributed by atoms with van der Waals surface area (Å²) in [6.07, 6.45) is 7.30. The number of hydrogen-bond donors (Lipinski definition) is 2. The minimum Gasteiger partial charge on any atom is -0.394 e. The molecule has 3 atom stereocenters. The summed E-state index contributed by atoms with van der Waals surface area (Å²) in [5, 5.41) is 18.4. The van der Waals surface area contributed by atoms with Crippen LogP contribution in [-0.2, 0) is 4.74 Å². The lowest BCUT2D eigenvalue weighted by atomic mass is 10.1. The Bertz CT molecular complexity index is 313. The molecule has 0 aliphatic carbocycles. The van der Waals surface area contributed by atoms with E-state index in [1.807, 2.05) is 13.0 Å². The SMILES string of the molecule is CCCCC/C=C/C(O)C#C[C@]1(C)O[C@@H]1CO. The minimum atomic E-state index is -0.739. The first-order chi connectivity index (χ1) is 8.12. The number of allylic oxidation sites excluding steroid dienone is 1. The van der Waals surface area contributed by atoms with Crippen LogP contribution < -0.4 is 0 Å². The van der Waals surface area contributed by atoms with E-state index in [1.165, 1.54) is 12.8 Å². The van der Waals surface area contributed by atoms with Crippen molar-refractivity contribution in [2.75, 3.05) is 6.61 Å². The van der Waals surface area contributed by atoms with Crippen molar-refractivity contribution in [3.05, 3.63) is 12.2 Å². The van der Waals surface area contributed by atoms with Gasteiger partial charge in [-0.05, 0) is 25.8 Å². The number of ether oxygens (including phenoxy) is 1. The van der Waals surface area contributed by atoms with Crippen LogP contribution in [0.1, 0.15) is 39.5 Å². The largest absolute Gasteiger partial charge is 0.394 e. The van der Waals surface area contributed by atoms with Crippen LogP contribution >= 0.6 is 0 Å². The van der Waals surface area contributed by atoms with Gasteiger partial charge in [0.15, 0.2) is 5.60 Å². The Morgan fingerprint density at radius 2 is 2.24 bits per heavy atom. The van der Waals surface area contributed by atoms with Gasteiger partial charge < -0.3 is 14.9 Å².